The molecular weight excluding hydrogens is 420 g/mol. The molecule has 9 heteroatoms. The molecule has 33 heavy (non-hydrogen) atoms. The first-order valence-electron chi connectivity index (χ1n) is 12.2. The molecule has 2 fully saturated rings. The van der Waals surface area contributed by atoms with Gasteiger partial charge in [0.1, 0.15) is 0 Å². The fraction of sp³-hybridized carbons (Fsp3) is 0.667. The van der Waals surface area contributed by atoms with Crippen LogP contribution in [-0.2, 0) is 9.53 Å². The molecule has 1 aromatic carbocycles. The predicted octanol–water partition coefficient (Wildman–Crippen LogP) is 1.33. The first-order valence-corrected chi connectivity index (χ1v) is 12.2. The van der Waals surface area contributed by atoms with E-state index in [2.05, 4.69) is 16.0 Å². The Morgan fingerprint density at radius 1 is 1.27 bits per heavy atom. The van der Waals surface area contributed by atoms with Crippen molar-refractivity contribution in [2.75, 3.05) is 49.2 Å². The molecule has 0 aromatic heterocycles. The zero-order valence-corrected chi connectivity index (χ0v) is 20.0. The van der Waals surface area contributed by atoms with E-state index in [1.807, 2.05) is 43.9 Å². The van der Waals surface area contributed by atoms with Crippen molar-refractivity contribution in [2.24, 2.45) is 11.7 Å². The lowest BCUT2D eigenvalue weighted by atomic mass is 9.95. The van der Waals surface area contributed by atoms with E-state index >= 15 is 0 Å². The van der Waals surface area contributed by atoms with Crippen molar-refractivity contribution in [3.05, 3.63) is 23.8 Å². The molecule has 2 amide bonds. The van der Waals surface area contributed by atoms with Crippen molar-refractivity contribution >= 4 is 23.4 Å². The quantitative estimate of drug-likeness (QED) is 0.465. The predicted molar refractivity (Wildman–Crippen MR) is 130 cm³/mol. The van der Waals surface area contributed by atoms with Crippen molar-refractivity contribution in [3.63, 3.8) is 0 Å². The molecule has 9 nitrogen and oxygen atoms in total. The summed E-state index contributed by atoms with van der Waals surface area (Å²) in [6, 6.07) is 6.34. The number of fused-ring (bicyclic) bond motifs is 1. The zero-order chi connectivity index (χ0) is 23.5. The molecule has 0 radical (unpaired) electrons. The molecule has 182 valence electrons. The van der Waals surface area contributed by atoms with E-state index in [0.717, 1.165) is 56.1 Å². The number of nitrogens with zero attached hydrogens (tertiary/aromatic N) is 2. The van der Waals surface area contributed by atoms with Gasteiger partial charge in [-0.25, -0.2) is 4.79 Å². The fourth-order valence-electron chi connectivity index (χ4n) is 4.65. The zero-order valence-electron chi connectivity index (χ0n) is 20.0. The van der Waals surface area contributed by atoms with Crippen LogP contribution in [0.4, 0.5) is 16.2 Å². The Morgan fingerprint density at radius 3 is 2.70 bits per heavy atom. The highest BCUT2D eigenvalue weighted by atomic mass is 16.6. The summed E-state index contributed by atoms with van der Waals surface area (Å²) in [5, 5.41) is 10.2. The van der Waals surface area contributed by atoms with Gasteiger partial charge in [-0.15, -0.1) is 0 Å². The second-order valence-corrected chi connectivity index (χ2v) is 9.75. The molecule has 3 aliphatic rings. The number of hydrogen-bond acceptors (Lipinski definition) is 7. The average Bonchev–Trinajstić information content (AvgIpc) is 3.51. The molecular formula is C24H38N6O3. The summed E-state index contributed by atoms with van der Waals surface area (Å²) < 4.78 is 5.53. The van der Waals surface area contributed by atoms with E-state index in [-0.39, 0.29) is 36.0 Å². The van der Waals surface area contributed by atoms with E-state index < -0.39 is 0 Å². The second kappa shape index (κ2) is 10.4. The molecule has 2 aliphatic heterocycles. The summed E-state index contributed by atoms with van der Waals surface area (Å²) in [5.74, 6) is 0.358. The lowest BCUT2D eigenvalue weighted by Crippen LogP contribution is -2.52. The smallest absolute Gasteiger partial charge is 0.414 e. The highest BCUT2D eigenvalue weighted by molar-refractivity contribution is 6.04. The van der Waals surface area contributed by atoms with Gasteiger partial charge in [-0.3, -0.25) is 15.0 Å². The molecule has 3 atom stereocenters. The summed E-state index contributed by atoms with van der Waals surface area (Å²) in [6.45, 7) is 9.97. The van der Waals surface area contributed by atoms with Gasteiger partial charge in [0.2, 0.25) is 5.91 Å². The maximum atomic E-state index is 13.1. The van der Waals surface area contributed by atoms with Gasteiger partial charge < -0.3 is 26.0 Å². The summed E-state index contributed by atoms with van der Waals surface area (Å²) >= 11 is 0. The van der Waals surface area contributed by atoms with Crippen LogP contribution in [0.3, 0.4) is 0 Å². The second-order valence-electron chi connectivity index (χ2n) is 9.75. The Kier molecular flexibility index (Phi) is 7.53. The molecule has 2 unspecified atom stereocenters. The normalized spacial score (nSPS) is 23.5. The topological polar surface area (TPSA) is 112 Å². The minimum absolute atomic E-state index is 0.0968. The summed E-state index contributed by atoms with van der Waals surface area (Å²) in [4.78, 5) is 29.6. The SMILES string of the molecule is CC(C)OC(=O)N1C[C@H](C)N(C(=O)C2CC2)c2ccc(C(CN)CNCC3CNCN3)cc21. The summed E-state index contributed by atoms with van der Waals surface area (Å²) in [5.41, 5.74) is 8.70. The van der Waals surface area contributed by atoms with Crippen LogP contribution in [0, 0.1) is 5.92 Å². The van der Waals surface area contributed by atoms with Crippen LogP contribution in [-0.4, -0.2) is 69.6 Å². The van der Waals surface area contributed by atoms with Crippen LogP contribution in [0.5, 0.6) is 0 Å². The van der Waals surface area contributed by atoms with Crippen LogP contribution < -0.4 is 31.5 Å². The molecule has 1 saturated heterocycles. The Hall–Kier alpha value is -2.20. The Balaban J connectivity index is 1.58. The van der Waals surface area contributed by atoms with E-state index in [4.69, 9.17) is 10.5 Å². The van der Waals surface area contributed by atoms with E-state index in [1.165, 1.54) is 0 Å². The monoisotopic (exact) mass is 458 g/mol. The number of anilines is 2. The van der Waals surface area contributed by atoms with Crippen molar-refractivity contribution in [1.82, 2.24) is 16.0 Å². The highest BCUT2D eigenvalue weighted by Crippen LogP contribution is 2.41. The number of amides is 2. The molecule has 0 spiro atoms. The first-order chi connectivity index (χ1) is 15.9. The lowest BCUT2D eigenvalue weighted by molar-refractivity contribution is -0.120. The molecule has 4 rings (SSSR count). The van der Waals surface area contributed by atoms with Crippen molar-refractivity contribution in [3.8, 4) is 0 Å². The van der Waals surface area contributed by atoms with Gasteiger partial charge in [-0.05, 0) is 51.3 Å². The van der Waals surface area contributed by atoms with Crippen LogP contribution >= 0.6 is 0 Å². The fourth-order valence-corrected chi connectivity index (χ4v) is 4.65. The Morgan fingerprint density at radius 2 is 2.06 bits per heavy atom. The molecule has 5 N–H and O–H groups in total. The van der Waals surface area contributed by atoms with Gasteiger partial charge in [-0.1, -0.05) is 6.07 Å². The maximum Gasteiger partial charge on any atom is 0.414 e. The van der Waals surface area contributed by atoms with Crippen molar-refractivity contribution in [2.45, 2.75) is 57.7 Å². The third-order valence-electron chi connectivity index (χ3n) is 6.60. The first kappa shape index (κ1) is 23.9. The number of ether oxygens (including phenoxy) is 1. The number of benzene rings is 1. The number of carbonyl (C=O) groups excluding carboxylic acids is 2. The standard InChI is InChI=1S/C24H38N6O3/c1-15(2)33-24(32)29-13-16(3)30(23(31)17-4-5-17)21-7-6-18(8-22(21)29)19(9-25)10-26-11-20-12-27-14-28-20/h6-8,15-17,19-20,26-28H,4-5,9-14,25H2,1-3H3/t16-,19?,20?/m0/s1. The number of nitrogens with one attached hydrogen (secondary N) is 3. The van der Waals surface area contributed by atoms with Crippen LogP contribution in [0.15, 0.2) is 18.2 Å². The molecule has 0 bridgehead atoms. The third-order valence-corrected chi connectivity index (χ3v) is 6.60. The largest absolute Gasteiger partial charge is 0.446 e. The van der Waals surface area contributed by atoms with Gasteiger partial charge in [0, 0.05) is 57.3 Å². The van der Waals surface area contributed by atoms with Gasteiger partial charge in [0.05, 0.1) is 23.5 Å². The Labute approximate surface area is 196 Å². The van der Waals surface area contributed by atoms with E-state index in [0.29, 0.717) is 19.1 Å². The summed E-state index contributed by atoms with van der Waals surface area (Å²) in [6.07, 6.45) is 1.29. The van der Waals surface area contributed by atoms with E-state index in [9.17, 15) is 9.59 Å². The molecule has 2 heterocycles. The van der Waals surface area contributed by atoms with Gasteiger partial charge in [0.15, 0.2) is 0 Å². The number of nitrogens with two attached hydrogens (primary N) is 1. The minimum atomic E-state index is -0.379. The van der Waals surface area contributed by atoms with Gasteiger partial charge in [-0.2, -0.15) is 0 Å². The minimum Gasteiger partial charge on any atom is -0.446 e. The third kappa shape index (κ3) is 5.48. The van der Waals surface area contributed by atoms with Crippen LogP contribution in [0.1, 0.15) is 45.1 Å². The van der Waals surface area contributed by atoms with Crippen LogP contribution in [0.2, 0.25) is 0 Å². The van der Waals surface area contributed by atoms with Gasteiger partial charge in [0.25, 0.3) is 0 Å². The van der Waals surface area contributed by atoms with Crippen molar-refractivity contribution in [1.29, 1.82) is 0 Å². The van der Waals surface area contributed by atoms with Gasteiger partial charge >= 0.3 is 6.09 Å². The summed E-state index contributed by atoms with van der Waals surface area (Å²) in [7, 11) is 0. The van der Waals surface area contributed by atoms with Crippen molar-refractivity contribution < 1.29 is 14.3 Å². The number of hydrogen-bond donors (Lipinski definition) is 4. The molecule has 1 aliphatic carbocycles. The van der Waals surface area contributed by atoms with Crippen LogP contribution in [0.25, 0.3) is 0 Å². The molecule has 1 saturated carbocycles. The average molecular weight is 459 g/mol. The number of rotatable bonds is 8. The Bertz CT molecular complexity index is 853. The van der Waals surface area contributed by atoms with E-state index in [1.54, 1.807) is 4.90 Å². The number of carbonyl (C=O) groups is 2. The lowest BCUT2D eigenvalue weighted by Gasteiger charge is -2.41. The maximum absolute atomic E-state index is 13.1. The molecule has 1 aromatic rings. The highest BCUT2D eigenvalue weighted by Gasteiger charge is 2.41.